The first kappa shape index (κ1) is 16.4. The van der Waals surface area contributed by atoms with Crippen LogP contribution in [-0.4, -0.2) is 45.2 Å². The van der Waals surface area contributed by atoms with E-state index in [0.29, 0.717) is 18.7 Å². The maximum atomic E-state index is 13.7. The molecule has 1 N–H and O–H groups in total. The average Bonchev–Trinajstić information content (AvgIpc) is 3.06. The van der Waals surface area contributed by atoms with Gasteiger partial charge in [-0.15, -0.1) is 0 Å². The van der Waals surface area contributed by atoms with Gasteiger partial charge in [0.25, 0.3) is 11.8 Å². The normalized spacial score (nSPS) is 18.0. The summed E-state index contributed by atoms with van der Waals surface area (Å²) in [6, 6.07) is 2.83. The topological polar surface area (TPSA) is 71.1 Å². The zero-order valence-electron chi connectivity index (χ0n) is 13.8. The van der Waals surface area contributed by atoms with E-state index >= 15 is 0 Å². The number of H-pyrrole nitrogens is 1. The molecule has 1 saturated heterocycles. The Morgan fingerprint density at radius 2 is 2.33 bits per heavy atom. The van der Waals surface area contributed by atoms with Crippen molar-refractivity contribution in [3.8, 4) is 5.88 Å². The van der Waals surface area contributed by atoms with Crippen LogP contribution in [0.1, 0.15) is 48.7 Å². The third-order valence-electron chi connectivity index (χ3n) is 4.14. The number of halogens is 1. The molecule has 0 unspecified atom stereocenters. The summed E-state index contributed by atoms with van der Waals surface area (Å²) < 4.78 is 19.3. The second kappa shape index (κ2) is 6.98. The van der Waals surface area contributed by atoms with Crippen LogP contribution >= 0.6 is 0 Å². The minimum Gasteiger partial charge on any atom is -0.470 e. The van der Waals surface area contributed by atoms with Crippen LogP contribution in [0.25, 0.3) is 0 Å². The van der Waals surface area contributed by atoms with E-state index < -0.39 is 5.82 Å². The lowest BCUT2D eigenvalue weighted by atomic mass is 10.0. The van der Waals surface area contributed by atoms with Gasteiger partial charge in [0.05, 0.1) is 24.0 Å². The van der Waals surface area contributed by atoms with Gasteiger partial charge >= 0.3 is 0 Å². The maximum absolute atomic E-state index is 13.7. The van der Waals surface area contributed by atoms with Crippen molar-refractivity contribution in [1.29, 1.82) is 0 Å². The minimum atomic E-state index is -0.488. The summed E-state index contributed by atoms with van der Waals surface area (Å²) in [4.78, 5) is 18.4. The first-order chi connectivity index (χ1) is 11.6. The standard InChI is InChI=1S/C17H21FN4O2/c1-11(2)15-13(9-20-21-15)17(23)22-8-4-5-12(10-22)24-16-14(18)6-3-7-19-16/h3,6-7,9,11-12H,4-5,8,10H2,1-2H3,(H,20,21)/t12-/m1/s1. The lowest BCUT2D eigenvalue weighted by Gasteiger charge is -2.32. The molecule has 0 saturated carbocycles. The Morgan fingerprint density at radius 1 is 1.50 bits per heavy atom. The van der Waals surface area contributed by atoms with Crippen LogP contribution in [0.4, 0.5) is 4.39 Å². The van der Waals surface area contributed by atoms with E-state index in [1.54, 1.807) is 11.1 Å². The molecule has 0 aromatic carbocycles. The highest BCUT2D eigenvalue weighted by molar-refractivity contribution is 5.95. The molecule has 1 aliphatic rings. The number of ether oxygens (including phenoxy) is 1. The molecule has 6 nitrogen and oxygen atoms in total. The molecular formula is C17H21FN4O2. The largest absolute Gasteiger partial charge is 0.470 e. The number of carbonyl (C=O) groups excluding carboxylic acids is 1. The van der Waals surface area contributed by atoms with Gasteiger partial charge in [-0.25, -0.2) is 9.37 Å². The number of aromatic amines is 1. The Morgan fingerprint density at radius 3 is 3.08 bits per heavy atom. The Bertz CT molecular complexity index is 716. The molecule has 1 fully saturated rings. The van der Waals surface area contributed by atoms with E-state index in [9.17, 15) is 9.18 Å². The fraction of sp³-hybridized carbons (Fsp3) is 0.471. The van der Waals surface area contributed by atoms with E-state index in [2.05, 4.69) is 15.2 Å². The number of likely N-dealkylation sites (tertiary alicyclic amines) is 1. The van der Waals surface area contributed by atoms with Crippen molar-refractivity contribution in [2.24, 2.45) is 0 Å². The van der Waals surface area contributed by atoms with Crippen LogP contribution in [-0.2, 0) is 0 Å². The molecule has 0 spiro atoms. The number of hydrogen-bond acceptors (Lipinski definition) is 4. The molecule has 1 aliphatic heterocycles. The Balaban J connectivity index is 1.70. The summed E-state index contributed by atoms with van der Waals surface area (Å²) in [6.07, 6.45) is 4.37. The number of amides is 1. The summed E-state index contributed by atoms with van der Waals surface area (Å²) in [5.74, 6) is -0.381. The zero-order chi connectivity index (χ0) is 17.1. The van der Waals surface area contributed by atoms with Crippen LogP contribution < -0.4 is 4.74 Å². The molecule has 3 heterocycles. The quantitative estimate of drug-likeness (QED) is 0.934. The Labute approximate surface area is 140 Å². The molecule has 1 amide bonds. The molecule has 0 bridgehead atoms. The predicted octanol–water partition coefficient (Wildman–Crippen LogP) is 2.75. The van der Waals surface area contributed by atoms with E-state index in [-0.39, 0.29) is 23.8 Å². The maximum Gasteiger partial charge on any atom is 0.257 e. The van der Waals surface area contributed by atoms with Gasteiger partial charge in [0.2, 0.25) is 0 Å². The Kier molecular flexibility index (Phi) is 4.78. The van der Waals surface area contributed by atoms with Gasteiger partial charge in [-0.2, -0.15) is 5.10 Å². The zero-order valence-corrected chi connectivity index (χ0v) is 13.8. The molecule has 7 heteroatoms. The summed E-state index contributed by atoms with van der Waals surface area (Å²) in [7, 11) is 0. The van der Waals surface area contributed by atoms with Gasteiger partial charge in [0, 0.05) is 12.7 Å². The van der Waals surface area contributed by atoms with Crippen molar-refractivity contribution < 1.29 is 13.9 Å². The van der Waals surface area contributed by atoms with E-state index in [4.69, 9.17) is 4.74 Å². The number of pyridine rings is 1. The summed E-state index contributed by atoms with van der Waals surface area (Å²) >= 11 is 0. The van der Waals surface area contributed by atoms with Crippen molar-refractivity contribution in [2.45, 2.75) is 38.7 Å². The van der Waals surface area contributed by atoms with Crippen LogP contribution in [0.2, 0.25) is 0 Å². The lowest BCUT2D eigenvalue weighted by molar-refractivity contribution is 0.0517. The number of piperidine rings is 1. The molecule has 1 atom stereocenters. The predicted molar refractivity (Wildman–Crippen MR) is 86.4 cm³/mol. The van der Waals surface area contributed by atoms with Gasteiger partial charge in [-0.3, -0.25) is 9.89 Å². The minimum absolute atomic E-state index is 0.0111. The van der Waals surface area contributed by atoms with Crippen molar-refractivity contribution >= 4 is 5.91 Å². The monoisotopic (exact) mass is 332 g/mol. The number of aromatic nitrogens is 3. The molecule has 24 heavy (non-hydrogen) atoms. The fourth-order valence-corrected chi connectivity index (χ4v) is 2.91. The van der Waals surface area contributed by atoms with E-state index in [0.717, 1.165) is 18.5 Å². The molecule has 0 radical (unpaired) electrons. The van der Waals surface area contributed by atoms with Crippen molar-refractivity contribution in [3.05, 3.63) is 41.6 Å². The second-order valence-corrected chi connectivity index (χ2v) is 6.28. The third-order valence-corrected chi connectivity index (χ3v) is 4.14. The van der Waals surface area contributed by atoms with Crippen LogP contribution in [0.15, 0.2) is 24.5 Å². The number of nitrogens with one attached hydrogen (secondary N) is 1. The van der Waals surface area contributed by atoms with Crippen LogP contribution in [0, 0.1) is 5.82 Å². The van der Waals surface area contributed by atoms with Crippen molar-refractivity contribution in [1.82, 2.24) is 20.1 Å². The highest BCUT2D eigenvalue weighted by atomic mass is 19.1. The molecule has 2 aromatic rings. The van der Waals surface area contributed by atoms with Crippen LogP contribution in [0.3, 0.4) is 0 Å². The SMILES string of the molecule is CC(C)c1[nH]ncc1C(=O)N1CCC[C@@H](Oc2ncccc2F)C1. The van der Waals surface area contributed by atoms with Crippen LogP contribution in [0.5, 0.6) is 5.88 Å². The summed E-state index contributed by atoms with van der Waals surface area (Å²) in [5.41, 5.74) is 1.42. The highest BCUT2D eigenvalue weighted by Crippen LogP contribution is 2.22. The summed E-state index contributed by atoms with van der Waals surface area (Å²) in [6.45, 7) is 5.09. The van der Waals surface area contributed by atoms with Crippen molar-refractivity contribution in [2.75, 3.05) is 13.1 Å². The van der Waals surface area contributed by atoms with Gasteiger partial charge in [0.1, 0.15) is 6.10 Å². The smallest absolute Gasteiger partial charge is 0.257 e. The molecule has 2 aromatic heterocycles. The summed E-state index contributed by atoms with van der Waals surface area (Å²) in [5, 5.41) is 6.89. The van der Waals surface area contributed by atoms with Gasteiger partial charge in [0.15, 0.2) is 5.82 Å². The molecule has 128 valence electrons. The average molecular weight is 332 g/mol. The first-order valence-corrected chi connectivity index (χ1v) is 8.16. The molecule has 3 rings (SSSR count). The van der Waals surface area contributed by atoms with E-state index in [1.165, 1.54) is 18.3 Å². The number of carbonyl (C=O) groups is 1. The molecular weight excluding hydrogens is 311 g/mol. The van der Waals surface area contributed by atoms with E-state index in [1.807, 2.05) is 13.8 Å². The van der Waals surface area contributed by atoms with Gasteiger partial charge in [-0.05, 0) is 30.9 Å². The third kappa shape index (κ3) is 3.39. The fourth-order valence-electron chi connectivity index (χ4n) is 2.91. The molecule has 0 aliphatic carbocycles. The second-order valence-electron chi connectivity index (χ2n) is 6.28. The Hall–Kier alpha value is -2.44. The number of hydrogen-bond donors (Lipinski definition) is 1. The van der Waals surface area contributed by atoms with Gasteiger partial charge < -0.3 is 9.64 Å². The number of nitrogens with zero attached hydrogens (tertiary/aromatic N) is 3. The highest BCUT2D eigenvalue weighted by Gasteiger charge is 2.28. The van der Waals surface area contributed by atoms with Gasteiger partial charge in [-0.1, -0.05) is 13.8 Å². The number of rotatable bonds is 4. The first-order valence-electron chi connectivity index (χ1n) is 8.16. The van der Waals surface area contributed by atoms with Crippen molar-refractivity contribution in [3.63, 3.8) is 0 Å². The lowest BCUT2D eigenvalue weighted by Crippen LogP contribution is -2.44.